The normalized spacial score (nSPS) is 12.8. The van der Waals surface area contributed by atoms with Gasteiger partial charge >= 0.3 is 5.97 Å². The number of nitrogens with zero attached hydrogens (tertiary/aromatic N) is 1. The van der Waals surface area contributed by atoms with Crippen LogP contribution in [0.15, 0.2) is 11.8 Å². The van der Waals surface area contributed by atoms with E-state index in [-0.39, 0.29) is 5.97 Å². The van der Waals surface area contributed by atoms with Gasteiger partial charge in [0.2, 0.25) is 0 Å². The molecule has 0 bridgehead atoms. The van der Waals surface area contributed by atoms with E-state index in [1.54, 1.807) is 6.92 Å². The van der Waals surface area contributed by atoms with Crippen LogP contribution in [-0.4, -0.2) is 38.2 Å². The maximum atomic E-state index is 11.3. The predicted molar refractivity (Wildman–Crippen MR) is 53.0 cm³/mol. The third kappa shape index (κ3) is 6.34. The van der Waals surface area contributed by atoms with Crippen molar-refractivity contribution in [2.45, 2.75) is 20.3 Å². The lowest BCUT2D eigenvalue weighted by molar-refractivity contribution is -0.817. The molecule has 3 heteroatoms. The molecule has 0 rings (SSSR count). The van der Waals surface area contributed by atoms with Gasteiger partial charge in [0, 0.05) is 0 Å². The molecule has 0 aromatic carbocycles. The second kappa shape index (κ2) is 5.02. The van der Waals surface area contributed by atoms with Crippen LogP contribution in [0.4, 0.5) is 0 Å². The van der Waals surface area contributed by atoms with E-state index in [1.807, 2.05) is 34.3 Å². The highest BCUT2D eigenvalue weighted by molar-refractivity contribution is 5.87. The molecule has 76 valence electrons. The Morgan fingerprint density at radius 1 is 1.38 bits per heavy atom. The molecule has 0 saturated carbocycles. The number of rotatable bonds is 4. The highest BCUT2D eigenvalue weighted by Gasteiger charge is 2.11. The average molecular weight is 186 g/mol. The van der Waals surface area contributed by atoms with Crippen molar-refractivity contribution >= 4 is 5.97 Å². The third-order valence-electron chi connectivity index (χ3n) is 1.34. The van der Waals surface area contributed by atoms with Crippen LogP contribution in [-0.2, 0) is 9.53 Å². The molecule has 0 heterocycles. The van der Waals surface area contributed by atoms with Crippen LogP contribution in [0.1, 0.15) is 20.3 Å². The van der Waals surface area contributed by atoms with Gasteiger partial charge in [-0.2, -0.15) is 0 Å². The second-order valence-corrected chi connectivity index (χ2v) is 4.06. The van der Waals surface area contributed by atoms with E-state index in [1.165, 1.54) is 0 Å². The number of carbonyl (C=O) groups excluding carboxylic acids is 1. The Balaban J connectivity index is 4.17. The maximum absolute atomic E-state index is 11.3. The topological polar surface area (TPSA) is 26.3 Å². The van der Waals surface area contributed by atoms with Crippen LogP contribution < -0.4 is 0 Å². The zero-order valence-electron chi connectivity index (χ0n) is 9.26. The highest BCUT2D eigenvalue weighted by Crippen LogP contribution is 2.02. The lowest BCUT2D eigenvalue weighted by Crippen LogP contribution is -2.28. The van der Waals surface area contributed by atoms with Gasteiger partial charge in [-0.3, -0.25) is 0 Å². The van der Waals surface area contributed by atoms with Crippen molar-refractivity contribution < 1.29 is 14.0 Å². The molecule has 0 aromatic rings. The number of carbonyl (C=O) groups is 1. The summed E-state index contributed by atoms with van der Waals surface area (Å²) in [6.45, 7) is 4.26. The summed E-state index contributed by atoms with van der Waals surface area (Å²) in [6.07, 6.45) is 2.74. The fraction of sp³-hybridized carbons (Fsp3) is 0.700. The first-order chi connectivity index (χ1) is 5.87. The third-order valence-corrected chi connectivity index (χ3v) is 1.34. The molecule has 0 spiro atoms. The molecule has 0 amide bonds. The quantitative estimate of drug-likeness (QED) is 0.378. The summed E-state index contributed by atoms with van der Waals surface area (Å²) in [5.74, 6) is -0.213. The molecule has 13 heavy (non-hydrogen) atoms. The maximum Gasteiger partial charge on any atom is 0.339 e. The first kappa shape index (κ1) is 12.2. The van der Waals surface area contributed by atoms with Crippen LogP contribution in [0, 0.1) is 0 Å². The molecule has 0 radical (unpaired) electrons. The van der Waals surface area contributed by atoms with Crippen molar-refractivity contribution in [2.24, 2.45) is 0 Å². The van der Waals surface area contributed by atoms with Gasteiger partial charge in [0.1, 0.15) is 6.20 Å². The number of hydrogen-bond donors (Lipinski definition) is 0. The van der Waals surface area contributed by atoms with E-state index in [2.05, 4.69) is 0 Å². The largest absolute Gasteiger partial charge is 0.462 e. The molecule has 0 aromatic heterocycles. The Bertz CT molecular complexity index is 201. The standard InChI is InChI=1S/C10H20NO2/c1-6-7-13-10(12)9(2)8-11(3,4)5/h8H,6-7H2,1-5H3/q+1. The minimum absolute atomic E-state index is 0.213. The first-order valence-electron chi connectivity index (χ1n) is 4.54. The number of esters is 1. The summed E-state index contributed by atoms with van der Waals surface area (Å²) in [6, 6.07) is 0. The summed E-state index contributed by atoms with van der Waals surface area (Å²) < 4.78 is 5.61. The minimum atomic E-state index is -0.213. The zero-order chi connectivity index (χ0) is 10.5. The first-order valence-corrected chi connectivity index (χ1v) is 4.54. The molecular formula is C10H20NO2+. The Hall–Kier alpha value is -0.830. The molecule has 3 nitrogen and oxygen atoms in total. The summed E-state index contributed by atoms with van der Waals surface area (Å²) in [5.41, 5.74) is 0.668. The van der Waals surface area contributed by atoms with Crippen molar-refractivity contribution in [1.82, 2.24) is 0 Å². The Kier molecular flexibility index (Phi) is 4.70. The molecule has 0 aliphatic heterocycles. The predicted octanol–water partition coefficient (Wildman–Crippen LogP) is 1.55. The lowest BCUT2D eigenvalue weighted by Gasteiger charge is -2.18. The van der Waals surface area contributed by atoms with Gasteiger partial charge in [0.05, 0.1) is 33.3 Å². The number of hydrogen-bond acceptors (Lipinski definition) is 2. The number of ether oxygens (including phenoxy) is 1. The van der Waals surface area contributed by atoms with Gasteiger partial charge < -0.3 is 9.22 Å². The highest BCUT2D eigenvalue weighted by atomic mass is 16.5. The van der Waals surface area contributed by atoms with Crippen LogP contribution in [0.3, 0.4) is 0 Å². The van der Waals surface area contributed by atoms with E-state index in [9.17, 15) is 4.79 Å². The van der Waals surface area contributed by atoms with E-state index in [0.717, 1.165) is 6.42 Å². The molecule has 0 fully saturated rings. The molecule has 0 N–H and O–H groups in total. The zero-order valence-corrected chi connectivity index (χ0v) is 9.26. The summed E-state index contributed by atoms with van der Waals surface area (Å²) in [5, 5.41) is 0. The van der Waals surface area contributed by atoms with Gasteiger partial charge in [-0.05, 0) is 13.3 Å². The summed E-state index contributed by atoms with van der Waals surface area (Å²) in [7, 11) is 5.99. The van der Waals surface area contributed by atoms with Crippen LogP contribution >= 0.6 is 0 Å². The molecular weight excluding hydrogens is 166 g/mol. The van der Waals surface area contributed by atoms with Gasteiger partial charge in [0.25, 0.3) is 0 Å². The van der Waals surface area contributed by atoms with Gasteiger partial charge in [-0.15, -0.1) is 0 Å². The van der Waals surface area contributed by atoms with E-state index in [4.69, 9.17) is 4.74 Å². The monoisotopic (exact) mass is 186 g/mol. The van der Waals surface area contributed by atoms with Crippen molar-refractivity contribution in [3.8, 4) is 0 Å². The van der Waals surface area contributed by atoms with E-state index in [0.29, 0.717) is 16.7 Å². The molecule has 0 unspecified atom stereocenters. The molecule has 0 atom stereocenters. The fourth-order valence-electron chi connectivity index (χ4n) is 0.942. The van der Waals surface area contributed by atoms with Gasteiger partial charge in [-0.1, -0.05) is 6.92 Å². The van der Waals surface area contributed by atoms with Gasteiger partial charge in [-0.25, -0.2) is 4.79 Å². The minimum Gasteiger partial charge on any atom is -0.462 e. The van der Waals surface area contributed by atoms with E-state index >= 15 is 0 Å². The van der Waals surface area contributed by atoms with Crippen molar-refractivity contribution in [3.63, 3.8) is 0 Å². The lowest BCUT2D eigenvalue weighted by atomic mass is 10.3. The fourth-order valence-corrected chi connectivity index (χ4v) is 0.942. The van der Waals surface area contributed by atoms with Gasteiger partial charge in [0.15, 0.2) is 0 Å². The smallest absolute Gasteiger partial charge is 0.339 e. The van der Waals surface area contributed by atoms with Crippen LogP contribution in [0.5, 0.6) is 0 Å². The Labute approximate surface area is 80.6 Å². The average Bonchev–Trinajstić information content (AvgIpc) is 1.96. The van der Waals surface area contributed by atoms with Crippen LogP contribution in [0.2, 0.25) is 0 Å². The molecule has 0 saturated heterocycles. The summed E-state index contributed by atoms with van der Waals surface area (Å²) >= 11 is 0. The second-order valence-electron chi connectivity index (χ2n) is 4.06. The molecule has 0 aliphatic carbocycles. The molecule has 0 aliphatic rings. The Morgan fingerprint density at radius 3 is 2.31 bits per heavy atom. The summed E-state index contributed by atoms with van der Waals surface area (Å²) in [4.78, 5) is 11.3. The van der Waals surface area contributed by atoms with E-state index < -0.39 is 0 Å². The Morgan fingerprint density at radius 2 is 1.92 bits per heavy atom. The van der Waals surface area contributed by atoms with Crippen molar-refractivity contribution in [3.05, 3.63) is 11.8 Å². The van der Waals surface area contributed by atoms with Crippen LogP contribution in [0.25, 0.3) is 0 Å². The van der Waals surface area contributed by atoms with Crippen molar-refractivity contribution in [1.29, 1.82) is 0 Å². The SMILES string of the molecule is CCCOC(=O)C(C)=C[N+](C)(C)C. The van der Waals surface area contributed by atoms with Crippen molar-refractivity contribution in [2.75, 3.05) is 27.7 Å². The number of quaternary nitrogens is 1.